The fourth-order valence-corrected chi connectivity index (χ4v) is 3.72. The Morgan fingerprint density at radius 3 is 2.47 bits per heavy atom. The van der Waals surface area contributed by atoms with E-state index in [2.05, 4.69) is 4.90 Å². The number of carbonyl (C=O) groups is 2. The highest BCUT2D eigenvalue weighted by Gasteiger charge is 2.42. The zero-order chi connectivity index (χ0) is 22.1. The van der Waals surface area contributed by atoms with Crippen molar-refractivity contribution in [2.75, 3.05) is 13.1 Å². The molecule has 0 radical (unpaired) electrons. The summed E-state index contributed by atoms with van der Waals surface area (Å²) < 4.78 is 11.6. The van der Waals surface area contributed by atoms with Gasteiger partial charge in [0.05, 0.1) is 24.8 Å². The number of benzene rings is 1. The first-order valence-electron chi connectivity index (χ1n) is 9.69. The predicted octanol–water partition coefficient (Wildman–Crippen LogP) is 2.74. The third-order valence-corrected chi connectivity index (χ3v) is 4.95. The molecule has 0 saturated carbocycles. The molecule has 2 aliphatic rings. The quantitative estimate of drug-likeness (QED) is 0.553. The highest BCUT2D eigenvalue weighted by Crippen LogP contribution is 2.33. The highest BCUT2D eigenvalue weighted by molar-refractivity contribution is 6.29. The van der Waals surface area contributed by atoms with Crippen LogP contribution in [-0.4, -0.2) is 53.0 Å². The van der Waals surface area contributed by atoms with E-state index in [9.17, 15) is 9.59 Å². The maximum atomic E-state index is 12.7. The Hall–Kier alpha value is -2.87. The molecule has 1 fully saturated rings. The Balaban J connectivity index is 1.81. The van der Waals surface area contributed by atoms with Crippen LogP contribution in [0, 0.1) is 0 Å². The number of nitrogens with zero attached hydrogens (tertiary/aromatic N) is 2. The van der Waals surface area contributed by atoms with Crippen molar-refractivity contribution in [3.8, 4) is 5.75 Å². The normalized spacial score (nSPS) is 22.1. The predicted molar refractivity (Wildman–Crippen MR) is 114 cm³/mol. The van der Waals surface area contributed by atoms with Crippen LogP contribution in [0.5, 0.6) is 5.75 Å². The lowest BCUT2D eigenvalue weighted by Gasteiger charge is -2.39. The number of amides is 1. The van der Waals surface area contributed by atoms with Crippen LogP contribution in [0.2, 0.25) is 0 Å². The molecule has 0 bridgehead atoms. The molecule has 1 saturated heterocycles. The van der Waals surface area contributed by atoms with E-state index < -0.39 is 11.7 Å². The largest absolute Gasteiger partial charge is 0.489 e. The molecule has 162 valence electrons. The molecule has 2 atom stereocenters. The summed E-state index contributed by atoms with van der Waals surface area (Å²) in [5.41, 5.74) is 12.5. The lowest BCUT2D eigenvalue weighted by molar-refractivity contribution is 0.0243. The van der Waals surface area contributed by atoms with Crippen molar-refractivity contribution in [1.82, 2.24) is 9.80 Å². The molecule has 4 N–H and O–H groups in total. The van der Waals surface area contributed by atoms with E-state index in [0.717, 1.165) is 6.29 Å². The van der Waals surface area contributed by atoms with Crippen molar-refractivity contribution in [2.24, 2.45) is 11.5 Å². The van der Waals surface area contributed by atoms with Crippen LogP contribution in [0.25, 0.3) is 0 Å². The number of ether oxygens (including phenoxy) is 2. The number of hydrogen-bond acceptors (Lipinski definition) is 7. The third-order valence-electron chi connectivity index (χ3n) is 4.84. The van der Waals surface area contributed by atoms with E-state index >= 15 is 0 Å². The molecule has 2 heterocycles. The van der Waals surface area contributed by atoms with Crippen LogP contribution in [0.1, 0.15) is 37.6 Å². The lowest BCUT2D eigenvalue weighted by Crippen LogP contribution is -2.51. The molecular formula is C21H27ClN4O4. The van der Waals surface area contributed by atoms with Gasteiger partial charge in [-0.1, -0.05) is 11.6 Å². The van der Waals surface area contributed by atoms with Crippen LogP contribution >= 0.6 is 11.6 Å². The average Bonchev–Trinajstić information content (AvgIpc) is 3.05. The zero-order valence-electron chi connectivity index (χ0n) is 17.3. The van der Waals surface area contributed by atoms with Gasteiger partial charge in [-0.15, -0.1) is 0 Å². The van der Waals surface area contributed by atoms with E-state index in [1.54, 1.807) is 51.1 Å². The molecule has 0 aromatic heterocycles. The fourth-order valence-electron chi connectivity index (χ4n) is 3.62. The molecule has 2 unspecified atom stereocenters. The number of rotatable bonds is 4. The first kappa shape index (κ1) is 21.8. The van der Waals surface area contributed by atoms with Crippen molar-refractivity contribution < 1.29 is 19.1 Å². The number of fused-ring (bicyclic) bond motifs is 1. The third kappa shape index (κ3) is 4.99. The van der Waals surface area contributed by atoms with Crippen LogP contribution in [0.4, 0.5) is 4.79 Å². The first-order valence-corrected chi connectivity index (χ1v) is 10.1. The number of aldehydes is 1. The van der Waals surface area contributed by atoms with E-state index in [-0.39, 0.29) is 23.1 Å². The van der Waals surface area contributed by atoms with Crippen molar-refractivity contribution in [2.45, 2.75) is 44.9 Å². The molecule has 0 aliphatic carbocycles. The Morgan fingerprint density at radius 1 is 1.23 bits per heavy atom. The molecule has 1 aromatic rings. The summed E-state index contributed by atoms with van der Waals surface area (Å²) in [4.78, 5) is 27.0. The number of halogens is 1. The van der Waals surface area contributed by atoms with Crippen LogP contribution in [0.15, 0.2) is 47.0 Å². The molecule has 2 aliphatic heterocycles. The summed E-state index contributed by atoms with van der Waals surface area (Å²) in [5.74, 6) is 0.903. The second-order valence-electron chi connectivity index (χ2n) is 8.36. The van der Waals surface area contributed by atoms with E-state index in [1.807, 2.05) is 0 Å². The summed E-state index contributed by atoms with van der Waals surface area (Å²) >= 11 is 5.92. The van der Waals surface area contributed by atoms with E-state index in [1.165, 1.54) is 4.90 Å². The summed E-state index contributed by atoms with van der Waals surface area (Å²) in [6, 6.07) is 6.89. The molecule has 30 heavy (non-hydrogen) atoms. The zero-order valence-corrected chi connectivity index (χ0v) is 18.1. The molecule has 8 nitrogen and oxygen atoms in total. The second-order valence-corrected chi connectivity index (χ2v) is 8.80. The number of allylic oxidation sites excluding steroid dienone is 1. The van der Waals surface area contributed by atoms with Gasteiger partial charge in [0, 0.05) is 12.0 Å². The topological polar surface area (TPSA) is 111 Å². The number of nitrogens with two attached hydrogens (primary N) is 2. The van der Waals surface area contributed by atoms with Gasteiger partial charge in [0.2, 0.25) is 0 Å². The second kappa shape index (κ2) is 8.47. The van der Waals surface area contributed by atoms with Gasteiger partial charge in [0.15, 0.2) is 0 Å². The molecular weight excluding hydrogens is 408 g/mol. The SMILES string of the molecule is CC(C)(C)OC(=O)N1CC2CC(Oc3ccc(C=O)cc3)CN2C(/C=C(\N)Cl)=C1N. The monoisotopic (exact) mass is 434 g/mol. The highest BCUT2D eigenvalue weighted by atomic mass is 35.5. The van der Waals surface area contributed by atoms with Gasteiger partial charge in [-0.2, -0.15) is 0 Å². The molecule has 9 heteroatoms. The molecule has 0 spiro atoms. The number of carbonyl (C=O) groups excluding carboxylic acids is 2. The maximum Gasteiger partial charge on any atom is 0.416 e. The lowest BCUT2D eigenvalue weighted by atomic mass is 10.1. The Morgan fingerprint density at radius 2 is 1.90 bits per heavy atom. The van der Waals surface area contributed by atoms with Crippen molar-refractivity contribution in [3.05, 3.63) is 52.6 Å². The first-order chi connectivity index (χ1) is 14.1. The standard InChI is InChI=1S/C21H27ClN4O4/c1-21(2,3)30-20(28)26-10-14-8-16(29-15-6-4-13(12-27)5-7-15)11-25(14)17(19(26)24)9-18(22)23/h4-7,9,12,14,16H,8,10-11,23-24H2,1-3H3/b18-9-. The van der Waals surface area contributed by atoms with Gasteiger partial charge in [0.25, 0.3) is 0 Å². The van der Waals surface area contributed by atoms with Gasteiger partial charge in [-0.3, -0.25) is 9.69 Å². The molecule has 1 amide bonds. The summed E-state index contributed by atoms with van der Waals surface area (Å²) in [6.07, 6.45) is 2.34. The van der Waals surface area contributed by atoms with Crippen molar-refractivity contribution in [3.63, 3.8) is 0 Å². The smallest absolute Gasteiger partial charge is 0.416 e. The summed E-state index contributed by atoms with van der Waals surface area (Å²) in [7, 11) is 0. The summed E-state index contributed by atoms with van der Waals surface area (Å²) in [5, 5.41) is 0.0616. The van der Waals surface area contributed by atoms with Crippen molar-refractivity contribution in [1.29, 1.82) is 0 Å². The van der Waals surface area contributed by atoms with E-state index in [4.69, 9.17) is 32.5 Å². The fraction of sp³-hybridized carbons (Fsp3) is 0.429. The van der Waals surface area contributed by atoms with Gasteiger partial charge in [-0.25, -0.2) is 4.79 Å². The molecule has 1 aromatic carbocycles. The minimum atomic E-state index is -0.648. The van der Waals surface area contributed by atoms with Gasteiger partial charge < -0.3 is 25.8 Å². The van der Waals surface area contributed by atoms with Crippen LogP contribution in [0.3, 0.4) is 0 Å². The minimum absolute atomic E-state index is 0.0358. The maximum absolute atomic E-state index is 12.7. The Bertz CT molecular complexity index is 872. The van der Waals surface area contributed by atoms with Crippen LogP contribution in [-0.2, 0) is 4.74 Å². The summed E-state index contributed by atoms with van der Waals surface area (Å²) in [6.45, 7) is 6.32. The van der Waals surface area contributed by atoms with Crippen molar-refractivity contribution >= 4 is 24.0 Å². The Labute approximate surface area is 181 Å². The van der Waals surface area contributed by atoms with Gasteiger partial charge in [-0.05, 0) is 51.1 Å². The number of hydrogen-bond donors (Lipinski definition) is 2. The van der Waals surface area contributed by atoms with Gasteiger partial charge >= 0.3 is 6.09 Å². The average molecular weight is 435 g/mol. The Kier molecular flexibility index (Phi) is 6.17. The molecule has 3 rings (SSSR count). The van der Waals surface area contributed by atoms with E-state index in [0.29, 0.717) is 36.5 Å². The van der Waals surface area contributed by atoms with Crippen LogP contribution < -0.4 is 16.2 Å². The minimum Gasteiger partial charge on any atom is -0.489 e. The van der Waals surface area contributed by atoms with Gasteiger partial charge in [0.1, 0.15) is 34.7 Å².